The smallest absolute Gasteiger partial charge is 0.294 e. The van der Waals surface area contributed by atoms with Gasteiger partial charge in [-0.3, -0.25) is 19.3 Å². The van der Waals surface area contributed by atoms with Crippen LogP contribution in [0.2, 0.25) is 0 Å². The third-order valence-electron chi connectivity index (χ3n) is 4.28. The third-order valence-corrected chi connectivity index (χ3v) is 5.65. The first-order valence-corrected chi connectivity index (χ1v) is 10.2. The Kier molecular flexibility index (Phi) is 6.11. The molecule has 0 saturated carbocycles. The molecule has 27 heavy (non-hydrogen) atoms. The molecule has 0 atom stereocenters. The van der Waals surface area contributed by atoms with Crippen molar-refractivity contribution in [1.82, 2.24) is 9.80 Å². The Balaban J connectivity index is 1.81. The molecule has 3 amide bonds. The van der Waals surface area contributed by atoms with Crippen LogP contribution in [0.15, 0.2) is 21.5 Å². The number of phenols is 1. The lowest BCUT2D eigenvalue weighted by molar-refractivity contribution is -0.135. The van der Waals surface area contributed by atoms with E-state index in [2.05, 4.69) is 15.9 Å². The molecule has 2 aliphatic heterocycles. The summed E-state index contributed by atoms with van der Waals surface area (Å²) >= 11 is 4.09. The number of hydrogen-bond acceptors (Lipinski definition) is 6. The van der Waals surface area contributed by atoms with Gasteiger partial charge in [-0.25, -0.2) is 0 Å². The first-order valence-electron chi connectivity index (χ1n) is 8.59. The number of amides is 3. The largest absolute Gasteiger partial charge is 0.504 e. The van der Waals surface area contributed by atoms with E-state index in [4.69, 9.17) is 4.74 Å². The third kappa shape index (κ3) is 4.30. The second kappa shape index (κ2) is 8.35. The van der Waals surface area contributed by atoms with Gasteiger partial charge in [-0.05, 0) is 49.7 Å². The van der Waals surface area contributed by atoms with Crippen LogP contribution in [0.1, 0.15) is 25.3 Å². The maximum absolute atomic E-state index is 12.6. The molecule has 2 saturated heterocycles. The van der Waals surface area contributed by atoms with Crippen molar-refractivity contribution < 1.29 is 24.2 Å². The predicted molar refractivity (Wildman–Crippen MR) is 105 cm³/mol. The molecule has 0 bridgehead atoms. The van der Waals surface area contributed by atoms with Gasteiger partial charge in [-0.2, -0.15) is 0 Å². The minimum Gasteiger partial charge on any atom is -0.504 e. The van der Waals surface area contributed by atoms with Gasteiger partial charge < -0.3 is 14.7 Å². The number of likely N-dealkylation sites (tertiary alicyclic amines) is 1. The van der Waals surface area contributed by atoms with Crippen molar-refractivity contribution in [3.63, 3.8) is 0 Å². The average Bonchev–Trinajstić information content (AvgIpc) is 3.24. The van der Waals surface area contributed by atoms with Crippen LogP contribution in [0.3, 0.4) is 0 Å². The summed E-state index contributed by atoms with van der Waals surface area (Å²) in [4.78, 5) is 39.9. The zero-order valence-electron chi connectivity index (χ0n) is 14.7. The number of benzene rings is 1. The molecular formula is C18H19BrN2O5S. The lowest BCUT2D eigenvalue weighted by Crippen LogP contribution is -2.40. The van der Waals surface area contributed by atoms with Crippen LogP contribution in [0.5, 0.6) is 11.5 Å². The average molecular weight is 455 g/mol. The van der Waals surface area contributed by atoms with E-state index >= 15 is 0 Å². The monoisotopic (exact) mass is 454 g/mol. The van der Waals surface area contributed by atoms with E-state index in [0.717, 1.165) is 29.5 Å². The van der Waals surface area contributed by atoms with Crippen LogP contribution in [-0.4, -0.2) is 58.2 Å². The summed E-state index contributed by atoms with van der Waals surface area (Å²) in [5.41, 5.74) is 0.351. The number of carbonyl (C=O) groups excluding carboxylic acids is 3. The van der Waals surface area contributed by atoms with E-state index in [1.807, 2.05) is 0 Å². The molecule has 7 nitrogen and oxygen atoms in total. The van der Waals surface area contributed by atoms with Crippen LogP contribution < -0.4 is 4.74 Å². The number of ether oxygens (including phenoxy) is 1. The molecule has 2 fully saturated rings. The summed E-state index contributed by atoms with van der Waals surface area (Å²) in [5, 5.41) is 9.85. The Morgan fingerprint density at radius 1 is 1.33 bits per heavy atom. The highest BCUT2D eigenvalue weighted by Crippen LogP contribution is 2.38. The van der Waals surface area contributed by atoms with Crippen LogP contribution in [-0.2, 0) is 9.59 Å². The Morgan fingerprint density at radius 3 is 2.70 bits per heavy atom. The summed E-state index contributed by atoms with van der Waals surface area (Å²) < 4.78 is 6.04. The van der Waals surface area contributed by atoms with E-state index in [1.54, 1.807) is 24.0 Å². The normalized spacial score (nSPS) is 18.7. The molecule has 1 aromatic carbocycles. The summed E-state index contributed by atoms with van der Waals surface area (Å²) in [5.74, 6) is -0.587. The highest BCUT2D eigenvalue weighted by Gasteiger charge is 2.37. The van der Waals surface area contributed by atoms with Crippen molar-refractivity contribution in [1.29, 1.82) is 0 Å². The van der Waals surface area contributed by atoms with Gasteiger partial charge in [0.15, 0.2) is 11.5 Å². The predicted octanol–water partition coefficient (Wildman–Crippen LogP) is 3.21. The van der Waals surface area contributed by atoms with Crippen molar-refractivity contribution in [3.8, 4) is 11.5 Å². The van der Waals surface area contributed by atoms with Gasteiger partial charge in [-0.15, -0.1) is 0 Å². The number of thioether (sulfide) groups is 1. The Hall–Kier alpha value is -2.00. The Morgan fingerprint density at radius 2 is 2.04 bits per heavy atom. The molecule has 2 aliphatic rings. The van der Waals surface area contributed by atoms with Gasteiger partial charge in [-0.1, -0.05) is 15.9 Å². The molecular weight excluding hydrogens is 436 g/mol. The number of carbonyl (C=O) groups is 3. The van der Waals surface area contributed by atoms with Crippen molar-refractivity contribution in [2.45, 2.75) is 19.8 Å². The molecule has 1 aromatic rings. The number of rotatable bonds is 5. The highest BCUT2D eigenvalue weighted by molar-refractivity contribution is 9.10. The van der Waals surface area contributed by atoms with Gasteiger partial charge in [0.1, 0.15) is 6.54 Å². The maximum atomic E-state index is 12.6. The minimum absolute atomic E-state index is 0.111. The first kappa shape index (κ1) is 19.8. The lowest BCUT2D eigenvalue weighted by atomic mass is 10.1. The topological polar surface area (TPSA) is 87.2 Å². The fourth-order valence-electron chi connectivity index (χ4n) is 2.95. The van der Waals surface area contributed by atoms with E-state index in [1.165, 1.54) is 6.08 Å². The molecule has 0 radical (unpaired) electrons. The van der Waals surface area contributed by atoms with Crippen molar-refractivity contribution in [3.05, 3.63) is 27.1 Å². The van der Waals surface area contributed by atoms with Crippen LogP contribution in [0.4, 0.5) is 4.79 Å². The second-order valence-corrected chi connectivity index (χ2v) is 8.04. The number of hydrogen-bond donors (Lipinski definition) is 1. The lowest BCUT2D eigenvalue weighted by Gasteiger charge is -2.18. The highest BCUT2D eigenvalue weighted by atomic mass is 79.9. The number of phenolic OH excluding ortho intramolecular Hbond substituents is 1. The van der Waals surface area contributed by atoms with Gasteiger partial charge in [0.05, 0.1) is 11.5 Å². The molecule has 2 heterocycles. The molecule has 0 aliphatic carbocycles. The molecule has 9 heteroatoms. The van der Waals surface area contributed by atoms with E-state index in [0.29, 0.717) is 29.7 Å². The van der Waals surface area contributed by atoms with Crippen LogP contribution in [0.25, 0.3) is 6.08 Å². The quantitative estimate of drug-likeness (QED) is 0.687. The van der Waals surface area contributed by atoms with Gasteiger partial charge in [0.25, 0.3) is 11.1 Å². The molecule has 0 unspecified atom stereocenters. The van der Waals surface area contributed by atoms with Crippen LogP contribution >= 0.6 is 27.7 Å². The molecule has 144 valence electrons. The fourth-order valence-corrected chi connectivity index (χ4v) is 4.23. The number of halogens is 1. The summed E-state index contributed by atoms with van der Waals surface area (Å²) in [6.07, 6.45) is 3.32. The van der Waals surface area contributed by atoms with Crippen molar-refractivity contribution in [2.75, 3.05) is 26.2 Å². The van der Waals surface area contributed by atoms with Crippen LogP contribution in [0, 0.1) is 0 Å². The first-order chi connectivity index (χ1) is 12.9. The number of imide groups is 1. The van der Waals surface area contributed by atoms with Gasteiger partial charge in [0, 0.05) is 23.1 Å². The Bertz CT molecular complexity index is 820. The molecule has 0 spiro atoms. The molecule has 0 aromatic heterocycles. The standard InChI is InChI=1S/C18H19BrN2O5S/c1-2-26-13-9-12(19)7-11(16(13)23)8-14-17(24)21(18(25)27-14)10-15(22)20-5-3-4-6-20/h7-9,23H,2-6,10H2,1H3/b14-8+. The van der Waals surface area contributed by atoms with E-state index < -0.39 is 11.1 Å². The van der Waals surface area contributed by atoms with Gasteiger partial charge in [0.2, 0.25) is 5.91 Å². The zero-order valence-corrected chi connectivity index (χ0v) is 17.1. The second-order valence-electron chi connectivity index (χ2n) is 6.13. The fraction of sp³-hybridized carbons (Fsp3) is 0.389. The summed E-state index contributed by atoms with van der Waals surface area (Å²) in [6, 6.07) is 3.25. The Labute approximate surface area is 169 Å². The summed E-state index contributed by atoms with van der Waals surface area (Å²) in [7, 11) is 0. The molecule has 1 N–H and O–H groups in total. The van der Waals surface area contributed by atoms with Crippen molar-refractivity contribution >= 4 is 50.8 Å². The maximum Gasteiger partial charge on any atom is 0.294 e. The molecule has 3 rings (SSSR count). The van der Waals surface area contributed by atoms with E-state index in [9.17, 15) is 19.5 Å². The van der Waals surface area contributed by atoms with Crippen molar-refractivity contribution in [2.24, 2.45) is 0 Å². The van der Waals surface area contributed by atoms with E-state index in [-0.39, 0.29) is 28.9 Å². The zero-order chi connectivity index (χ0) is 19.6. The summed E-state index contributed by atoms with van der Waals surface area (Å²) in [6.45, 7) is 3.24. The van der Waals surface area contributed by atoms with Gasteiger partial charge >= 0.3 is 0 Å². The SMILES string of the molecule is CCOc1cc(Br)cc(/C=C2/SC(=O)N(CC(=O)N3CCCC3)C2=O)c1O. The number of nitrogens with zero attached hydrogens (tertiary/aromatic N) is 2. The minimum atomic E-state index is -0.533. The number of aromatic hydroxyl groups is 1.